The van der Waals surface area contributed by atoms with Crippen LogP contribution in [0.4, 0.5) is 0 Å². The summed E-state index contributed by atoms with van der Waals surface area (Å²) in [4.78, 5) is 4.64. The molecule has 136 valence electrons. The van der Waals surface area contributed by atoms with E-state index >= 15 is 0 Å². The van der Waals surface area contributed by atoms with Gasteiger partial charge in [-0.25, -0.2) is 0 Å². The molecule has 6 heteroatoms. The Hall–Kier alpha value is -1.76. The molecule has 3 rings (SSSR count). The van der Waals surface area contributed by atoms with Crippen LogP contribution in [0.1, 0.15) is 31.7 Å². The van der Waals surface area contributed by atoms with E-state index < -0.39 is 0 Å². The standard InChI is InChI=1S/C19H28N4O2/c1-15(18-20-21-19(25-18)17-6-4-3-5-7-17)22(2)14-16-8-10-23(11-9-16)12-13-24/h3-7,15-16,24H,8-14H2,1-2H3/t15-/m0/s1. The average Bonchev–Trinajstić information content (AvgIpc) is 3.14. The van der Waals surface area contributed by atoms with Crippen LogP contribution >= 0.6 is 0 Å². The zero-order valence-electron chi connectivity index (χ0n) is 15.1. The van der Waals surface area contributed by atoms with E-state index in [2.05, 4.69) is 34.0 Å². The van der Waals surface area contributed by atoms with Crippen LogP contribution in [-0.2, 0) is 0 Å². The molecule has 0 aliphatic carbocycles. The van der Waals surface area contributed by atoms with Gasteiger partial charge in [-0.3, -0.25) is 4.90 Å². The maximum atomic E-state index is 9.04. The lowest BCUT2D eigenvalue weighted by molar-refractivity contribution is 0.116. The van der Waals surface area contributed by atoms with Gasteiger partial charge in [-0.15, -0.1) is 10.2 Å². The Morgan fingerprint density at radius 2 is 1.96 bits per heavy atom. The van der Waals surface area contributed by atoms with Gasteiger partial charge in [0.1, 0.15) is 0 Å². The summed E-state index contributed by atoms with van der Waals surface area (Å²) in [5.41, 5.74) is 0.951. The number of nitrogens with zero attached hydrogens (tertiary/aromatic N) is 4. The maximum Gasteiger partial charge on any atom is 0.247 e. The number of piperidine rings is 1. The van der Waals surface area contributed by atoms with E-state index in [1.54, 1.807) is 0 Å². The molecule has 25 heavy (non-hydrogen) atoms. The SMILES string of the molecule is C[C@@H](c1nnc(-c2ccccc2)o1)N(C)CC1CCN(CCO)CC1. The summed E-state index contributed by atoms with van der Waals surface area (Å²) in [6.45, 7) is 6.34. The quantitative estimate of drug-likeness (QED) is 0.832. The fourth-order valence-corrected chi connectivity index (χ4v) is 3.39. The number of aliphatic hydroxyl groups excluding tert-OH is 1. The third-order valence-electron chi connectivity index (χ3n) is 5.15. The van der Waals surface area contributed by atoms with E-state index in [1.165, 1.54) is 12.8 Å². The van der Waals surface area contributed by atoms with Gasteiger partial charge in [-0.05, 0) is 58.0 Å². The molecule has 0 spiro atoms. The highest BCUT2D eigenvalue weighted by Gasteiger charge is 2.24. The van der Waals surface area contributed by atoms with Gasteiger partial charge in [0.2, 0.25) is 11.8 Å². The molecule has 0 bridgehead atoms. The van der Waals surface area contributed by atoms with Crippen LogP contribution in [0.2, 0.25) is 0 Å². The van der Waals surface area contributed by atoms with Crippen LogP contribution in [0.3, 0.4) is 0 Å². The summed E-state index contributed by atoms with van der Waals surface area (Å²) in [7, 11) is 2.12. The highest BCUT2D eigenvalue weighted by molar-refractivity contribution is 5.51. The summed E-state index contributed by atoms with van der Waals surface area (Å²) >= 11 is 0. The Labute approximate surface area is 149 Å². The lowest BCUT2D eigenvalue weighted by Crippen LogP contribution is -2.39. The van der Waals surface area contributed by atoms with Crippen molar-refractivity contribution >= 4 is 0 Å². The number of hydrogen-bond donors (Lipinski definition) is 1. The van der Waals surface area contributed by atoms with Gasteiger partial charge < -0.3 is 14.4 Å². The second kappa shape index (κ2) is 8.56. The van der Waals surface area contributed by atoms with Crippen molar-refractivity contribution in [3.8, 4) is 11.5 Å². The van der Waals surface area contributed by atoms with E-state index in [9.17, 15) is 0 Å². The maximum absolute atomic E-state index is 9.04. The van der Waals surface area contributed by atoms with E-state index in [0.29, 0.717) is 17.7 Å². The molecule has 1 aromatic heterocycles. The summed E-state index contributed by atoms with van der Waals surface area (Å²) in [6.07, 6.45) is 2.35. The Morgan fingerprint density at radius 1 is 1.24 bits per heavy atom. The van der Waals surface area contributed by atoms with Crippen LogP contribution in [0.15, 0.2) is 34.7 Å². The Kier molecular flexibility index (Phi) is 6.18. The fourth-order valence-electron chi connectivity index (χ4n) is 3.39. The van der Waals surface area contributed by atoms with Crippen LogP contribution in [0, 0.1) is 5.92 Å². The first-order valence-electron chi connectivity index (χ1n) is 9.09. The fraction of sp³-hybridized carbons (Fsp3) is 0.579. The molecule has 2 aromatic rings. The third kappa shape index (κ3) is 4.66. The first-order chi connectivity index (χ1) is 12.2. The van der Waals surface area contributed by atoms with Gasteiger partial charge in [-0.2, -0.15) is 0 Å². The first kappa shape index (κ1) is 18.0. The van der Waals surface area contributed by atoms with Crippen LogP contribution < -0.4 is 0 Å². The molecule has 0 amide bonds. The molecule has 0 saturated carbocycles. The second-order valence-corrected chi connectivity index (χ2v) is 6.94. The molecular formula is C19H28N4O2. The van der Waals surface area contributed by atoms with E-state index in [1.807, 2.05) is 30.3 Å². The van der Waals surface area contributed by atoms with Crippen molar-refractivity contribution in [1.29, 1.82) is 0 Å². The minimum Gasteiger partial charge on any atom is -0.419 e. The molecule has 1 aliphatic rings. The molecule has 6 nitrogen and oxygen atoms in total. The van der Waals surface area contributed by atoms with E-state index in [0.717, 1.165) is 31.7 Å². The molecule has 1 saturated heterocycles. The Morgan fingerprint density at radius 3 is 2.64 bits per heavy atom. The largest absolute Gasteiger partial charge is 0.419 e. The molecule has 1 aromatic carbocycles. The summed E-state index contributed by atoms with van der Waals surface area (Å²) in [5.74, 6) is 1.92. The molecule has 0 radical (unpaired) electrons. The number of benzene rings is 1. The molecular weight excluding hydrogens is 316 g/mol. The molecule has 1 N–H and O–H groups in total. The summed E-state index contributed by atoms with van der Waals surface area (Å²) in [5, 5.41) is 17.5. The van der Waals surface area contributed by atoms with E-state index in [4.69, 9.17) is 9.52 Å². The number of aliphatic hydroxyl groups is 1. The number of aromatic nitrogens is 2. The number of β-amino-alcohol motifs (C(OH)–C–C–N with tert-alkyl or cyclic N) is 1. The van der Waals surface area contributed by atoms with Crippen molar-refractivity contribution in [3.63, 3.8) is 0 Å². The lowest BCUT2D eigenvalue weighted by atomic mass is 9.96. The van der Waals surface area contributed by atoms with Gasteiger partial charge in [-0.1, -0.05) is 18.2 Å². The first-order valence-corrected chi connectivity index (χ1v) is 9.09. The van der Waals surface area contributed by atoms with Crippen molar-refractivity contribution in [1.82, 2.24) is 20.0 Å². The number of rotatable bonds is 7. The Bertz CT molecular complexity index is 638. The summed E-state index contributed by atoms with van der Waals surface area (Å²) in [6, 6.07) is 9.97. The monoisotopic (exact) mass is 344 g/mol. The van der Waals surface area contributed by atoms with Crippen molar-refractivity contribution in [2.45, 2.75) is 25.8 Å². The van der Waals surface area contributed by atoms with Gasteiger partial charge >= 0.3 is 0 Å². The predicted molar refractivity (Wildman–Crippen MR) is 97.0 cm³/mol. The zero-order valence-corrected chi connectivity index (χ0v) is 15.1. The smallest absolute Gasteiger partial charge is 0.247 e. The minimum absolute atomic E-state index is 0.0976. The van der Waals surface area contributed by atoms with Gasteiger partial charge in [0.15, 0.2) is 0 Å². The number of likely N-dealkylation sites (tertiary alicyclic amines) is 1. The highest BCUT2D eigenvalue weighted by atomic mass is 16.4. The third-order valence-corrected chi connectivity index (χ3v) is 5.15. The van der Waals surface area contributed by atoms with Crippen molar-refractivity contribution in [2.24, 2.45) is 5.92 Å². The van der Waals surface area contributed by atoms with Crippen LogP contribution in [0.5, 0.6) is 0 Å². The normalized spacial score (nSPS) is 17.9. The summed E-state index contributed by atoms with van der Waals surface area (Å²) < 4.78 is 5.89. The van der Waals surface area contributed by atoms with Crippen molar-refractivity contribution < 1.29 is 9.52 Å². The van der Waals surface area contributed by atoms with Crippen LogP contribution in [0.25, 0.3) is 11.5 Å². The average molecular weight is 344 g/mol. The molecule has 1 atom stereocenters. The van der Waals surface area contributed by atoms with Crippen molar-refractivity contribution in [3.05, 3.63) is 36.2 Å². The van der Waals surface area contributed by atoms with E-state index in [-0.39, 0.29) is 12.6 Å². The molecule has 1 fully saturated rings. The second-order valence-electron chi connectivity index (χ2n) is 6.94. The van der Waals surface area contributed by atoms with Crippen LogP contribution in [-0.4, -0.2) is 64.9 Å². The molecule has 1 aliphatic heterocycles. The zero-order chi connectivity index (χ0) is 17.6. The van der Waals surface area contributed by atoms with Gasteiger partial charge in [0, 0.05) is 18.7 Å². The molecule has 2 heterocycles. The van der Waals surface area contributed by atoms with Gasteiger partial charge in [0.05, 0.1) is 12.6 Å². The predicted octanol–water partition coefficient (Wildman–Crippen LogP) is 2.43. The van der Waals surface area contributed by atoms with Crippen molar-refractivity contribution in [2.75, 3.05) is 39.8 Å². The number of hydrogen-bond acceptors (Lipinski definition) is 6. The molecule has 0 unspecified atom stereocenters. The highest BCUT2D eigenvalue weighted by Crippen LogP contribution is 2.25. The van der Waals surface area contributed by atoms with Gasteiger partial charge in [0.25, 0.3) is 0 Å². The Balaban J connectivity index is 1.54. The topological polar surface area (TPSA) is 65.6 Å². The lowest BCUT2D eigenvalue weighted by Gasteiger charge is -2.34. The minimum atomic E-state index is 0.0976.